The van der Waals surface area contributed by atoms with E-state index < -0.39 is 0 Å². The number of benzene rings is 2. The van der Waals surface area contributed by atoms with E-state index in [-0.39, 0.29) is 35.5 Å². The van der Waals surface area contributed by atoms with Crippen molar-refractivity contribution in [2.24, 2.45) is 10.7 Å². The van der Waals surface area contributed by atoms with Crippen LogP contribution >= 0.6 is 15.9 Å². The van der Waals surface area contributed by atoms with Gasteiger partial charge in [-0.25, -0.2) is 14.0 Å². The second kappa shape index (κ2) is 8.75. The first-order valence-electron chi connectivity index (χ1n) is 8.40. The molecule has 0 atom stereocenters. The summed E-state index contributed by atoms with van der Waals surface area (Å²) < 4.78 is 19.0. The Bertz CT molecular complexity index is 1030. The van der Waals surface area contributed by atoms with Crippen LogP contribution < -0.4 is 11.1 Å². The largest absolute Gasteiger partial charge is 0.382 e. The van der Waals surface area contributed by atoms with Gasteiger partial charge in [-0.3, -0.25) is 4.79 Å². The van der Waals surface area contributed by atoms with E-state index in [1.807, 2.05) is 24.3 Å². The molecule has 0 radical (unpaired) electrons. The van der Waals surface area contributed by atoms with Crippen molar-refractivity contribution < 1.29 is 13.8 Å². The van der Waals surface area contributed by atoms with E-state index in [4.69, 9.17) is 5.73 Å². The zero-order valence-corrected chi connectivity index (χ0v) is 16.5. The lowest BCUT2D eigenvalue weighted by molar-refractivity contribution is -0.116. The van der Waals surface area contributed by atoms with Crippen LogP contribution in [0.3, 0.4) is 0 Å². The summed E-state index contributed by atoms with van der Waals surface area (Å²) >= 11 is 3.40. The van der Waals surface area contributed by atoms with Crippen molar-refractivity contribution in [1.29, 1.82) is 0 Å². The number of amides is 1. The minimum absolute atomic E-state index is 0.00505. The number of hydrogen-bond donors (Lipinski definition) is 2. The average Bonchev–Trinajstić information content (AvgIpc) is 3.11. The van der Waals surface area contributed by atoms with Gasteiger partial charge >= 0.3 is 0 Å². The summed E-state index contributed by atoms with van der Waals surface area (Å²) in [5, 5.41) is 10.00. The predicted octanol–water partition coefficient (Wildman–Crippen LogP) is 3.89. The maximum absolute atomic E-state index is 13.4. The Balaban J connectivity index is 1.68. The van der Waals surface area contributed by atoms with Gasteiger partial charge in [0, 0.05) is 10.9 Å². The molecule has 0 aliphatic heterocycles. The molecule has 0 saturated heterocycles. The number of aliphatic imine (C=N–C) groups is 1. The van der Waals surface area contributed by atoms with Gasteiger partial charge in [0.1, 0.15) is 5.82 Å². The Morgan fingerprint density at radius 3 is 2.86 bits per heavy atom. The highest BCUT2D eigenvalue weighted by Gasteiger charge is 2.17. The molecular formula is C19H17BrFN5O2. The first-order valence-corrected chi connectivity index (χ1v) is 9.19. The fourth-order valence-corrected chi connectivity index (χ4v) is 2.92. The smallest absolute Gasteiger partial charge is 0.226 e. The number of nitrogens with zero attached hydrogens (tertiary/aromatic N) is 3. The highest BCUT2D eigenvalue weighted by molar-refractivity contribution is 9.10. The quantitative estimate of drug-likeness (QED) is 0.442. The number of nitrogens with one attached hydrogen (secondary N) is 1. The van der Waals surface area contributed by atoms with Gasteiger partial charge in [-0.1, -0.05) is 28.1 Å². The molecule has 0 unspecified atom stereocenters. The standard InChI is InChI=1S/C19H17BrFN5O2/c1-11-9-14(6-7-15(11)21)23-18(22)17-19(26-28-25-17)24-16(27)8-5-12-3-2-4-13(20)10-12/h2-4,6-7,9-10H,5,8H2,1H3,(H2,22,23)(H,24,26,27). The normalized spacial score (nSPS) is 11.5. The first-order chi connectivity index (χ1) is 13.4. The zero-order valence-electron chi connectivity index (χ0n) is 14.9. The third-order valence-electron chi connectivity index (χ3n) is 3.91. The minimum atomic E-state index is -0.334. The highest BCUT2D eigenvalue weighted by Crippen LogP contribution is 2.19. The third-order valence-corrected chi connectivity index (χ3v) is 4.40. The molecule has 7 nitrogen and oxygen atoms in total. The van der Waals surface area contributed by atoms with E-state index in [1.54, 1.807) is 13.0 Å². The number of hydrogen-bond acceptors (Lipinski definition) is 5. The Labute approximate surface area is 168 Å². The van der Waals surface area contributed by atoms with Crippen LogP contribution in [-0.4, -0.2) is 22.1 Å². The number of anilines is 1. The van der Waals surface area contributed by atoms with E-state index in [1.165, 1.54) is 12.1 Å². The maximum Gasteiger partial charge on any atom is 0.226 e. The van der Waals surface area contributed by atoms with Crippen molar-refractivity contribution in [3.05, 3.63) is 69.6 Å². The van der Waals surface area contributed by atoms with Gasteiger partial charge < -0.3 is 11.1 Å². The van der Waals surface area contributed by atoms with Crippen LogP contribution in [0.15, 0.2) is 56.6 Å². The molecule has 0 saturated carbocycles. The van der Waals surface area contributed by atoms with E-state index in [2.05, 4.69) is 41.2 Å². The predicted molar refractivity (Wildman–Crippen MR) is 107 cm³/mol. The summed E-state index contributed by atoms with van der Waals surface area (Å²) in [4.78, 5) is 16.4. The molecular weight excluding hydrogens is 429 g/mol. The Kier molecular flexibility index (Phi) is 6.15. The number of aromatic nitrogens is 2. The van der Waals surface area contributed by atoms with Crippen LogP contribution in [0, 0.1) is 12.7 Å². The molecule has 3 N–H and O–H groups in total. The summed E-state index contributed by atoms with van der Waals surface area (Å²) in [6, 6.07) is 12.0. The summed E-state index contributed by atoms with van der Waals surface area (Å²) in [6.45, 7) is 1.62. The Hall–Kier alpha value is -3.07. The number of carbonyl (C=O) groups is 1. The van der Waals surface area contributed by atoms with Gasteiger partial charge in [0.15, 0.2) is 11.5 Å². The molecule has 9 heteroatoms. The van der Waals surface area contributed by atoms with Crippen molar-refractivity contribution in [1.82, 2.24) is 10.3 Å². The van der Waals surface area contributed by atoms with Crippen LogP contribution in [0.2, 0.25) is 0 Å². The molecule has 1 aromatic heterocycles. The van der Waals surface area contributed by atoms with Gasteiger partial charge in [-0.05, 0) is 65.1 Å². The summed E-state index contributed by atoms with van der Waals surface area (Å²) in [5.41, 5.74) is 7.98. The fraction of sp³-hybridized carbons (Fsp3) is 0.158. The van der Waals surface area contributed by atoms with Gasteiger partial charge in [0.2, 0.25) is 11.7 Å². The lowest BCUT2D eigenvalue weighted by atomic mass is 10.1. The van der Waals surface area contributed by atoms with E-state index >= 15 is 0 Å². The molecule has 0 aliphatic rings. The second-order valence-corrected chi connectivity index (χ2v) is 6.99. The molecule has 0 aliphatic carbocycles. The van der Waals surface area contributed by atoms with Gasteiger partial charge in [-0.2, -0.15) is 0 Å². The molecule has 28 heavy (non-hydrogen) atoms. The molecule has 2 aromatic carbocycles. The van der Waals surface area contributed by atoms with E-state index in [0.717, 1.165) is 10.0 Å². The number of nitrogens with two attached hydrogens (primary N) is 1. The number of halogens is 2. The van der Waals surface area contributed by atoms with Crippen LogP contribution in [0.4, 0.5) is 15.9 Å². The first kappa shape index (κ1) is 19.7. The molecule has 0 fully saturated rings. The Morgan fingerprint density at radius 1 is 1.29 bits per heavy atom. The van der Waals surface area contributed by atoms with Crippen molar-refractivity contribution in [2.75, 3.05) is 5.32 Å². The molecule has 3 rings (SSSR count). The van der Waals surface area contributed by atoms with Crippen LogP contribution in [-0.2, 0) is 11.2 Å². The lowest BCUT2D eigenvalue weighted by Gasteiger charge is -2.04. The van der Waals surface area contributed by atoms with Crippen molar-refractivity contribution in [3.63, 3.8) is 0 Å². The SMILES string of the molecule is Cc1cc(N=C(N)c2nonc2NC(=O)CCc2cccc(Br)c2)ccc1F. The molecule has 3 aromatic rings. The van der Waals surface area contributed by atoms with E-state index in [9.17, 15) is 9.18 Å². The average molecular weight is 446 g/mol. The topological polar surface area (TPSA) is 106 Å². The maximum atomic E-state index is 13.4. The van der Waals surface area contributed by atoms with E-state index in [0.29, 0.717) is 17.7 Å². The van der Waals surface area contributed by atoms with Gasteiger partial charge in [-0.15, -0.1) is 0 Å². The minimum Gasteiger partial charge on any atom is -0.382 e. The van der Waals surface area contributed by atoms with Crippen LogP contribution in [0.1, 0.15) is 23.2 Å². The van der Waals surface area contributed by atoms with Gasteiger partial charge in [0.05, 0.1) is 5.69 Å². The zero-order chi connectivity index (χ0) is 20.1. The highest BCUT2D eigenvalue weighted by atomic mass is 79.9. The number of amidine groups is 1. The molecule has 1 heterocycles. The molecule has 0 spiro atoms. The van der Waals surface area contributed by atoms with Crippen molar-refractivity contribution >= 4 is 39.2 Å². The molecule has 144 valence electrons. The lowest BCUT2D eigenvalue weighted by Crippen LogP contribution is -2.19. The van der Waals surface area contributed by atoms with Gasteiger partial charge in [0.25, 0.3) is 0 Å². The van der Waals surface area contributed by atoms with Crippen LogP contribution in [0.25, 0.3) is 0 Å². The summed E-state index contributed by atoms with van der Waals surface area (Å²) in [5.74, 6) is -0.518. The Morgan fingerprint density at radius 2 is 2.11 bits per heavy atom. The summed E-state index contributed by atoms with van der Waals surface area (Å²) in [6.07, 6.45) is 0.807. The fourth-order valence-electron chi connectivity index (χ4n) is 2.47. The monoisotopic (exact) mass is 445 g/mol. The second-order valence-electron chi connectivity index (χ2n) is 6.07. The number of carbonyl (C=O) groups excluding carboxylic acids is 1. The summed E-state index contributed by atoms with van der Waals surface area (Å²) in [7, 11) is 0. The third kappa shape index (κ3) is 5.01. The number of rotatable bonds is 6. The van der Waals surface area contributed by atoms with Crippen molar-refractivity contribution in [3.8, 4) is 0 Å². The molecule has 0 bridgehead atoms. The van der Waals surface area contributed by atoms with Crippen LogP contribution in [0.5, 0.6) is 0 Å². The molecule has 1 amide bonds. The van der Waals surface area contributed by atoms with Crippen molar-refractivity contribution in [2.45, 2.75) is 19.8 Å². The number of aryl methyl sites for hydroxylation is 2.